The Kier molecular flexibility index (Phi) is 31.3. The van der Waals surface area contributed by atoms with Crippen molar-refractivity contribution in [2.45, 2.75) is 174 Å². The third-order valence-electron chi connectivity index (χ3n) is 10.2. The van der Waals surface area contributed by atoms with Crippen LogP contribution in [0.25, 0.3) is 0 Å². The molecule has 0 aromatic carbocycles. The van der Waals surface area contributed by atoms with Gasteiger partial charge >= 0.3 is 5.97 Å². The molecule has 10 nitrogen and oxygen atoms in total. The van der Waals surface area contributed by atoms with Gasteiger partial charge in [-0.1, -0.05) is 147 Å². The number of unbranched alkanes of at least 4 members (excludes halogenated alkanes) is 17. The average molecular weight is 824 g/mol. The molecule has 0 amide bonds. The van der Waals surface area contributed by atoms with Crippen LogP contribution in [0.2, 0.25) is 0 Å². The number of hydrogen-bond donors (Lipinski definition) is 1. The number of aliphatic hydroxyl groups is 1. The third kappa shape index (κ3) is 31.5. The van der Waals surface area contributed by atoms with E-state index in [9.17, 15) is 24.2 Å². The zero-order valence-corrected chi connectivity index (χ0v) is 37.5. The molecule has 0 bridgehead atoms. The first-order valence-corrected chi connectivity index (χ1v) is 23.9. The molecule has 1 unspecified atom stereocenters. The van der Waals surface area contributed by atoms with Gasteiger partial charge in [-0.3, -0.25) is 14.2 Å². The highest BCUT2D eigenvalue weighted by Crippen LogP contribution is 2.38. The van der Waals surface area contributed by atoms with Crippen molar-refractivity contribution in [2.24, 2.45) is 11.8 Å². The molecule has 0 saturated heterocycles. The van der Waals surface area contributed by atoms with Crippen molar-refractivity contribution >= 4 is 19.6 Å². The van der Waals surface area contributed by atoms with Crippen LogP contribution in [0.5, 0.6) is 0 Å². The van der Waals surface area contributed by atoms with E-state index in [1.54, 1.807) is 18.4 Å². The highest BCUT2D eigenvalue weighted by molar-refractivity contribution is 7.45. The van der Waals surface area contributed by atoms with Crippen LogP contribution in [0.15, 0.2) is 48.8 Å². The van der Waals surface area contributed by atoms with E-state index in [4.69, 9.17) is 18.5 Å². The van der Waals surface area contributed by atoms with Crippen molar-refractivity contribution in [3.05, 3.63) is 48.8 Å². The molecule has 0 aromatic rings. The first-order chi connectivity index (χ1) is 27.4. The van der Waals surface area contributed by atoms with Crippen molar-refractivity contribution in [3.8, 4) is 0 Å². The summed E-state index contributed by atoms with van der Waals surface area (Å²) in [6.45, 7) is 4.40. The number of esters is 1. The predicted molar refractivity (Wildman–Crippen MR) is 230 cm³/mol. The minimum atomic E-state index is -4.60. The number of phosphoric acid groups is 1. The van der Waals surface area contributed by atoms with E-state index < -0.39 is 32.6 Å². The number of ether oxygens (including phenoxy) is 2. The number of carbonyl (C=O) groups is 2. The van der Waals surface area contributed by atoms with Gasteiger partial charge in [0.05, 0.1) is 40.1 Å². The molecule has 0 aromatic heterocycles. The molecule has 330 valence electrons. The largest absolute Gasteiger partial charge is 0.756 e. The van der Waals surface area contributed by atoms with Gasteiger partial charge in [-0.2, -0.15) is 0 Å². The highest BCUT2D eigenvalue weighted by atomic mass is 31.2. The summed E-state index contributed by atoms with van der Waals surface area (Å²) < 4.78 is 34.3. The quantitative estimate of drug-likeness (QED) is 0.0161. The Bertz CT molecular complexity index is 1190. The summed E-state index contributed by atoms with van der Waals surface area (Å²) in [6.07, 6.45) is 38.4. The van der Waals surface area contributed by atoms with Crippen LogP contribution in [-0.4, -0.2) is 81.1 Å². The van der Waals surface area contributed by atoms with E-state index in [2.05, 4.69) is 13.8 Å². The molecule has 0 fully saturated rings. The van der Waals surface area contributed by atoms with E-state index in [0.717, 1.165) is 32.1 Å². The van der Waals surface area contributed by atoms with Crippen molar-refractivity contribution in [2.75, 3.05) is 47.5 Å². The lowest BCUT2D eigenvalue weighted by Crippen LogP contribution is -2.37. The summed E-state index contributed by atoms with van der Waals surface area (Å²) in [7, 11) is 1.20. The van der Waals surface area contributed by atoms with Gasteiger partial charge in [-0.15, -0.1) is 0 Å². The van der Waals surface area contributed by atoms with Gasteiger partial charge in [0, 0.05) is 12.3 Å². The number of hydrogen-bond acceptors (Lipinski definition) is 9. The molecule has 0 heterocycles. The third-order valence-corrected chi connectivity index (χ3v) is 11.2. The fourth-order valence-electron chi connectivity index (χ4n) is 6.56. The molecule has 0 aliphatic heterocycles. The van der Waals surface area contributed by atoms with Crippen LogP contribution in [0.1, 0.15) is 162 Å². The van der Waals surface area contributed by atoms with E-state index in [1.165, 1.54) is 83.5 Å². The van der Waals surface area contributed by atoms with E-state index in [1.807, 2.05) is 51.5 Å². The lowest BCUT2D eigenvalue weighted by Gasteiger charge is -2.28. The lowest BCUT2D eigenvalue weighted by atomic mass is 9.90. The standard InChI is InChI=1S/C46H82NO9P/c1-6-8-10-11-12-13-14-15-16-17-18-19-20-21-24-28-37-53-39-43(40-55-57(51,52)54-38-36-47(3,4)5)56-46(50)31-27-23-22-26-29-41-32-35-45(49)44(41)34-33-42(48)30-25-9-7-2/h22,26,28,32-35,37,41-44,48H,6-21,23-25,27,29-31,36,38-40H2,1-5H3/b26-22-,34-33+,37-28+/t41-,42-,43+,44+/m0/s1. The zero-order valence-electron chi connectivity index (χ0n) is 36.6. The molecule has 5 atom stereocenters. The van der Waals surface area contributed by atoms with Crippen LogP contribution in [0.4, 0.5) is 0 Å². The molecule has 1 rings (SSSR count). The summed E-state index contributed by atoms with van der Waals surface area (Å²) in [5.41, 5.74) is 0. The molecule has 57 heavy (non-hydrogen) atoms. The summed E-state index contributed by atoms with van der Waals surface area (Å²) in [6, 6.07) is 0. The Morgan fingerprint density at radius 1 is 0.825 bits per heavy atom. The monoisotopic (exact) mass is 824 g/mol. The van der Waals surface area contributed by atoms with Gasteiger partial charge in [0.15, 0.2) is 11.9 Å². The second-order valence-electron chi connectivity index (χ2n) is 16.8. The summed E-state index contributed by atoms with van der Waals surface area (Å²) in [5, 5.41) is 10.2. The first-order valence-electron chi connectivity index (χ1n) is 22.5. The number of aliphatic hydroxyl groups excluding tert-OH is 1. The number of phosphoric ester groups is 1. The second-order valence-corrected chi connectivity index (χ2v) is 18.2. The maximum absolute atomic E-state index is 12.8. The Hall–Kier alpha value is -2.07. The number of quaternary nitrogens is 1. The van der Waals surface area contributed by atoms with Gasteiger partial charge in [0.1, 0.15) is 19.8 Å². The maximum atomic E-state index is 12.8. The summed E-state index contributed by atoms with van der Waals surface area (Å²) in [5.74, 6) is -0.635. The molecule has 1 aliphatic carbocycles. The van der Waals surface area contributed by atoms with Crippen molar-refractivity contribution < 1.29 is 47.2 Å². The normalized spacial score (nSPS) is 18.3. The van der Waals surface area contributed by atoms with Crippen LogP contribution in [0.3, 0.4) is 0 Å². The number of ketones is 1. The number of likely N-dealkylation sites (N-methyl/N-ethyl adjacent to an activating group) is 1. The lowest BCUT2D eigenvalue weighted by molar-refractivity contribution is -0.870. The van der Waals surface area contributed by atoms with Crippen LogP contribution in [0, 0.1) is 11.8 Å². The maximum Gasteiger partial charge on any atom is 0.306 e. The smallest absolute Gasteiger partial charge is 0.306 e. The summed E-state index contributed by atoms with van der Waals surface area (Å²) >= 11 is 0. The molecule has 0 saturated carbocycles. The van der Waals surface area contributed by atoms with Gasteiger partial charge in [0.25, 0.3) is 7.82 Å². The van der Waals surface area contributed by atoms with Crippen molar-refractivity contribution in [3.63, 3.8) is 0 Å². The zero-order chi connectivity index (χ0) is 42.0. The first kappa shape index (κ1) is 52.9. The molecular weight excluding hydrogens is 741 g/mol. The summed E-state index contributed by atoms with van der Waals surface area (Å²) in [4.78, 5) is 37.6. The molecule has 1 aliphatic rings. The Balaban J connectivity index is 2.43. The van der Waals surface area contributed by atoms with Gasteiger partial charge < -0.3 is 33.0 Å². The Labute approximate surface area is 347 Å². The predicted octanol–water partition coefficient (Wildman–Crippen LogP) is 10.5. The highest BCUT2D eigenvalue weighted by Gasteiger charge is 2.27. The minimum Gasteiger partial charge on any atom is -0.756 e. The second kappa shape index (κ2) is 33.7. The van der Waals surface area contributed by atoms with Gasteiger partial charge in [-0.25, -0.2) is 0 Å². The fourth-order valence-corrected chi connectivity index (χ4v) is 7.29. The van der Waals surface area contributed by atoms with Crippen LogP contribution in [-0.2, 0) is 32.7 Å². The van der Waals surface area contributed by atoms with Crippen molar-refractivity contribution in [1.82, 2.24) is 0 Å². The molecule has 1 N–H and O–H groups in total. The number of nitrogens with zero attached hydrogens (tertiary/aromatic N) is 1. The Morgan fingerprint density at radius 3 is 2.05 bits per heavy atom. The van der Waals surface area contributed by atoms with Gasteiger partial charge in [0.2, 0.25) is 0 Å². The molecular formula is C46H82NO9P. The average Bonchev–Trinajstić information content (AvgIpc) is 3.51. The van der Waals surface area contributed by atoms with Crippen LogP contribution < -0.4 is 4.89 Å². The topological polar surface area (TPSA) is 131 Å². The minimum absolute atomic E-state index is 0.0201. The van der Waals surface area contributed by atoms with Crippen LogP contribution >= 0.6 is 7.82 Å². The van der Waals surface area contributed by atoms with E-state index >= 15 is 0 Å². The van der Waals surface area contributed by atoms with E-state index in [-0.39, 0.29) is 37.3 Å². The SMILES string of the molecule is CCCCCCCCCCCCCCCC/C=C/OC[C@H](COP(=O)([O-])OCC[N+](C)(C)C)OC(=O)CCC/C=C\C[C@H]1C=CC(=O)[C@@H]1/C=C/[C@@H](O)CCCCC. The number of carbonyl (C=O) groups excluding carboxylic acids is 2. The van der Waals surface area contributed by atoms with Crippen molar-refractivity contribution in [1.29, 1.82) is 0 Å². The molecule has 0 radical (unpaired) electrons. The molecule has 0 spiro atoms. The molecule has 11 heteroatoms. The number of rotatable bonds is 38. The Morgan fingerprint density at radius 2 is 1.42 bits per heavy atom. The number of allylic oxidation sites excluding steroid dienone is 6. The fraction of sp³-hybridized carbons (Fsp3) is 0.783. The van der Waals surface area contributed by atoms with Gasteiger partial charge in [-0.05, 0) is 56.6 Å². The van der Waals surface area contributed by atoms with E-state index in [0.29, 0.717) is 36.7 Å².